The lowest BCUT2D eigenvalue weighted by Gasteiger charge is -2.18. The van der Waals surface area contributed by atoms with Crippen molar-refractivity contribution in [3.8, 4) is 0 Å². The third-order valence-corrected chi connectivity index (χ3v) is 5.52. The number of aromatic nitrogens is 2. The number of hydrogen-bond acceptors (Lipinski definition) is 4. The van der Waals surface area contributed by atoms with Gasteiger partial charge in [0.05, 0.1) is 5.69 Å². The molecule has 0 saturated heterocycles. The van der Waals surface area contributed by atoms with Gasteiger partial charge in [0.2, 0.25) is 5.91 Å². The maximum absolute atomic E-state index is 12.7. The highest BCUT2D eigenvalue weighted by molar-refractivity contribution is 7.17. The van der Waals surface area contributed by atoms with Crippen molar-refractivity contribution in [1.82, 2.24) is 9.97 Å². The summed E-state index contributed by atoms with van der Waals surface area (Å²) in [5, 5.41) is 4.58. The summed E-state index contributed by atoms with van der Waals surface area (Å²) >= 11 is 1.25. The molecule has 3 aromatic rings. The molecule has 2 heterocycles. The standard InChI is InChI=1S/C20H24N4O2S/c1-12(2)8-10-24(14(4)25)20-22-13(3)18(27-20)19(26)23-16-6-5-15-7-9-21-17(15)11-16/h5-7,9,11-12,21H,8,10H2,1-4H3,(H,23,26). The lowest BCUT2D eigenvalue weighted by Crippen LogP contribution is -2.30. The van der Waals surface area contributed by atoms with Gasteiger partial charge in [0.1, 0.15) is 4.88 Å². The molecule has 0 saturated carbocycles. The van der Waals surface area contributed by atoms with E-state index in [4.69, 9.17) is 0 Å². The van der Waals surface area contributed by atoms with E-state index in [-0.39, 0.29) is 11.8 Å². The molecule has 2 N–H and O–H groups in total. The maximum atomic E-state index is 12.7. The van der Waals surface area contributed by atoms with Crippen LogP contribution in [0.25, 0.3) is 10.9 Å². The Morgan fingerprint density at radius 2 is 2.07 bits per heavy atom. The average molecular weight is 385 g/mol. The molecule has 0 fully saturated rings. The van der Waals surface area contributed by atoms with Crippen LogP contribution in [0.5, 0.6) is 0 Å². The maximum Gasteiger partial charge on any atom is 0.267 e. The van der Waals surface area contributed by atoms with Gasteiger partial charge in [-0.25, -0.2) is 4.98 Å². The fraction of sp³-hybridized carbons (Fsp3) is 0.350. The van der Waals surface area contributed by atoms with Crippen LogP contribution in [-0.2, 0) is 4.79 Å². The second-order valence-corrected chi connectivity index (χ2v) is 7.98. The van der Waals surface area contributed by atoms with Crippen LogP contribution in [-0.4, -0.2) is 28.3 Å². The van der Waals surface area contributed by atoms with Crippen LogP contribution in [0.3, 0.4) is 0 Å². The van der Waals surface area contributed by atoms with Gasteiger partial charge in [-0.1, -0.05) is 31.3 Å². The molecule has 7 heteroatoms. The van der Waals surface area contributed by atoms with Crippen molar-refractivity contribution in [1.29, 1.82) is 0 Å². The van der Waals surface area contributed by atoms with Crippen molar-refractivity contribution in [2.24, 2.45) is 5.92 Å². The molecule has 0 bridgehead atoms. The number of rotatable bonds is 6. The van der Waals surface area contributed by atoms with Crippen molar-refractivity contribution in [2.45, 2.75) is 34.1 Å². The lowest BCUT2D eigenvalue weighted by molar-refractivity contribution is -0.116. The Morgan fingerprint density at radius 1 is 1.30 bits per heavy atom. The molecule has 27 heavy (non-hydrogen) atoms. The van der Waals surface area contributed by atoms with Crippen molar-refractivity contribution < 1.29 is 9.59 Å². The van der Waals surface area contributed by atoms with Crippen LogP contribution >= 0.6 is 11.3 Å². The predicted octanol–water partition coefficient (Wildman–Crippen LogP) is 4.58. The number of carbonyl (C=O) groups excluding carboxylic acids is 2. The third kappa shape index (κ3) is 4.36. The number of aromatic amines is 1. The summed E-state index contributed by atoms with van der Waals surface area (Å²) in [7, 11) is 0. The normalized spacial score (nSPS) is 11.1. The monoisotopic (exact) mass is 384 g/mol. The van der Waals surface area contributed by atoms with Gasteiger partial charge in [0, 0.05) is 30.9 Å². The van der Waals surface area contributed by atoms with E-state index in [1.54, 1.807) is 11.8 Å². The van der Waals surface area contributed by atoms with Crippen molar-refractivity contribution in [3.63, 3.8) is 0 Å². The second kappa shape index (κ2) is 7.92. The Hall–Kier alpha value is -2.67. The number of benzene rings is 1. The minimum Gasteiger partial charge on any atom is -0.361 e. The average Bonchev–Trinajstić information content (AvgIpc) is 3.20. The van der Waals surface area contributed by atoms with Gasteiger partial charge in [0.15, 0.2) is 5.13 Å². The molecule has 0 aliphatic carbocycles. The van der Waals surface area contributed by atoms with E-state index in [0.717, 1.165) is 17.3 Å². The molecule has 0 aliphatic heterocycles. The molecule has 0 atom stereocenters. The van der Waals surface area contributed by atoms with Gasteiger partial charge in [-0.05, 0) is 42.8 Å². The van der Waals surface area contributed by atoms with Crippen LogP contribution < -0.4 is 10.2 Å². The molecular weight excluding hydrogens is 360 g/mol. The second-order valence-electron chi connectivity index (χ2n) is 7.00. The number of thiazole rings is 1. The first kappa shape index (κ1) is 19.1. The number of hydrogen-bond donors (Lipinski definition) is 2. The molecule has 0 unspecified atom stereocenters. The number of amides is 2. The smallest absolute Gasteiger partial charge is 0.267 e. The van der Waals surface area contributed by atoms with E-state index in [1.807, 2.05) is 30.5 Å². The third-order valence-electron chi connectivity index (χ3n) is 4.35. The first-order chi connectivity index (χ1) is 12.8. The number of nitrogens with one attached hydrogen (secondary N) is 2. The highest BCUT2D eigenvalue weighted by Gasteiger charge is 2.21. The summed E-state index contributed by atoms with van der Waals surface area (Å²) in [5.74, 6) is 0.210. The lowest BCUT2D eigenvalue weighted by atomic mass is 10.1. The quantitative estimate of drug-likeness (QED) is 0.653. The fourth-order valence-electron chi connectivity index (χ4n) is 2.80. The number of H-pyrrole nitrogens is 1. The molecule has 0 aliphatic rings. The van der Waals surface area contributed by atoms with Crippen molar-refractivity contribution in [3.05, 3.63) is 41.0 Å². The van der Waals surface area contributed by atoms with E-state index in [2.05, 4.69) is 29.1 Å². The summed E-state index contributed by atoms with van der Waals surface area (Å²) in [6.07, 6.45) is 2.75. The van der Waals surface area contributed by atoms with E-state index in [1.165, 1.54) is 18.3 Å². The van der Waals surface area contributed by atoms with Crippen LogP contribution in [0.1, 0.15) is 42.6 Å². The molecule has 0 spiro atoms. The zero-order valence-electron chi connectivity index (χ0n) is 16.0. The van der Waals surface area contributed by atoms with E-state index < -0.39 is 0 Å². The Kier molecular flexibility index (Phi) is 5.60. The Balaban J connectivity index is 1.79. The number of carbonyl (C=O) groups is 2. The van der Waals surface area contributed by atoms with Crippen LogP contribution in [0.15, 0.2) is 30.5 Å². The number of fused-ring (bicyclic) bond motifs is 1. The number of aryl methyl sites for hydroxylation is 1. The van der Waals surface area contributed by atoms with Crippen LogP contribution in [0.4, 0.5) is 10.8 Å². The molecule has 6 nitrogen and oxygen atoms in total. The Morgan fingerprint density at radius 3 is 2.78 bits per heavy atom. The zero-order valence-corrected chi connectivity index (χ0v) is 16.8. The predicted molar refractivity (Wildman–Crippen MR) is 111 cm³/mol. The van der Waals surface area contributed by atoms with Gasteiger partial charge in [-0.3, -0.25) is 14.5 Å². The summed E-state index contributed by atoms with van der Waals surface area (Å²) < 4.78 is 0. The number of nitrogens with zero attached hydrogens (tertiary/aromatic N) is 2. The summed E-state index contributed by atoms with van der Waals surface area (Å²) in [5.41, 5.74) is 2.31. The minimum atomic E-state index is -0.213. The SMILES string of the molecule is CC(=O)N(CCC(C)C)c1nc(C)c(C(=O)Nc2ccc3cc[nH]c3c2)s1. The molecule has 0 radical (unpaired) electrons. The fourth-order valence-corrected chi connectivity index (χ4v) is 3.83. The Labute approximate surface area is 162 Å². The highest BCUT2D eigenvalue weighted by atomic mass is 32.1. The summed E-state index contributed by atoms with van der Waals surface area (Å²) in [6, 6.07) is 7.70. The number of anilines is 2. The molecule has 1 aromatic carbocycles. The van der Waals surface area contributed by atoms with E-state index in [9.17, 15) is 9.59 Å². The van der Waals surface area contributed by atoms with Crippen LogP contribution in [0, 0.1) is 12.8 Å². The summed E-state index contributed by atoms with van der Waals surface area (Å²) in [6.45, 7) is 8.16. The van der Waals surface area contributed by atoms with E-state index >= 15 is 0 Å². The molecule has 142 valence electrons. The van der Waals surface area contributed by atoms with Crippen molar-refractivity contribution in [2.75, 3.05) is 16.8 Å². The first-order valence-corrected chi connectivity index (χ1v) is 9.81. The van der Waals surface area contributed by atoms with Crippen LogP contribution in [0.2, 0.25) is 0 Å². The molecule has 3 rings (SSSR count). The molecule has 2 amide bonds. The highest BCUT2D eigenvalue weighted by Crippen LogP contribution is 2.28. The topological polar surface area (TPSA) is 78.1 Å². The van der Waals surface area contributed by atoms with E-state index in [0.29, 0.717) is 33.9 Å². The largest absolute Gasteiger partial charge is 0.361 e. The van der Waals surface area contributed by atoms with Gasteiger partial charge >= 0.3 is 0 Å². The van der Waals surface area contributed by atoms with Gasteiger partial charge in [-0.2, -0.15) is 0 Å². The molecular formula is C20H24N4O2S. The summed E-state index contributed by atoms with van der Waals surface area (Å²) in [4.78, 5) is 34.5. The molecule has 2 aromatic heterocycles. The van der Waals surface area contributed by atoms with Gasteiger partial charge in [-0.15, -0.1) is 0 Å². The first-order valence-electron chi connectivity index (χ1n) is 8.99. The van der Waals surface area contributed by atoms with Gasteiger partial charge < -0.3 is 10.3 Å². The minimum absolute atomic E-state index is 0.0615. The Bertz CT molecular complexity index is 973. The van der Waals surface area contributed by atoms with Gasteiger partial charge in [0.25, 0.3) is 5.91 Å². The van der Waals surface area contributed by atoms with Crippen molar-refractivity contribution >= 4 is 44.9 Å². The zero-order chi connectivity index (χ0) is 19.6.